The van der Waals surface area contributed by atoms with Crippen molar-refractivity contribution in [3.63, 3.8) is 0 Å². The Kier molecular flexibility index (Phi) is 6.10. The Morgan fingerprint density at radius 1 is 1.30 bits per heavy atom. The minimum absolute atomic E-state index is 0.190. The number of guanidine groups is 1. The van der Waals surface area contributed by atoms with Crippen molar-refractivity contribution in [2.45, 2.75) is 45.3 Å². The number of rotatable bonds is 4. The van der Waals surface area contributed by atoms with E-state index in [1.54, 1.807) is 0 Å². The van der Waals surface area contributed by atoms with Crippen molar-refractivity contribution in [1.29, 1.82) is 0 Å². The Bertz CT molecular complexity index is 314. The average Bonchev–Trinajstić information content (AvgIpc) is 2.97. The molecule has 2 fully saturated rings. The maximum Gasteiger partial charge on any atom is 0.193 e. The van der Waals surface area contributed by atoms with E-state index in [2.05, 4.69) is 29.1 Å². The Labute approximate surface area is 122 Å². The van der Waals surface area contributed by atoms with Gasteiger partial charge in [0.05, 0.1) is 12.7 Å². The molecule has 0 spiro atoms. The molecule has 0 aromatic rings. The first kappa shape index (κ1) is 15.6. The standard InChI is InChI=1S/C15H29N3O2/c1-12(2)6-7-17-15(16-3)18-8-10-20-14(11-18)13-5-4-9-19-13/h12-14H,4-11H2,1-3H3,(H,16,17). The molecule has 2 aliphatic rings. The third-order valence-electron chi connectivity index (χ3n) is 3.99. The number of nitrogens with one attached hydrogen (secondary N) is 1. The van der Waals surface area contributed by atoms with Crippen LogP contribution in [-0.4, -0.2) is 63.0 Å². The summed E-state index contributed by atoms with van der Waals surface area (Å²) in [5, 5.41) is 3.46. The zero-order valence-electron chi connectivity index (χ0n) is 13.1. The molecule has 0 amide bonds. The summed E-state index contributed by atoms with van der Waals surface area (Å²) in [7, 11) is 1.86. The molecule has 116 valence electrons. The molecule has 0 aliphatic carbocycles. The molecular formula is C15H29N3O2. The average molecular weight is 283 g/mol. The summed E-state index contributed by atoms with van der Waals surface area (Å²) < 4.78 is 11.6. The summed E-state index contributed by atoms with van der Waals surface area (Å²) in [5.74, 6) is 1.71. The molecular weight excluding hydrogens is 254 g/mol. The fourth-order valence-electron chi connectivity index (χ4n) is 2.79. The Balaban J connectivity index is 1.82. The van der Waals surface area contributed by atoms with Crippen LogP contribution < -0.4 is 5.32 Å². The number of ether oxygens (including phenoxy) is 2. The molecule has 1 N–H and O–H groups in total. The van der Waals surface area contributed by atoms with Crippen LogP contribution in [-0.2, 0) is 9.47 Å². The second-order valence-corrected chi connectivity index (χ2v) is 6.06. The zero-order valence-corrected chi connectivity index (χ0v) is 13.1. The van der Waals surface area contributed by atoms with Crippen molar-refractivity contribution in [1.82, 2.24) is 10.2 Å². The number of aliphatic imine (C=N–C) groups is 1. The lowest BCUT2D eigenvalue weighted by atomic mass is 10.1. The normalized spacial score (nSPS) is 28.2. The highest BCUT2D eigenvalue weighted by Crippen LogP contribution is 2.20. The summed E-state index contributed by atoms with van der Waals surface area (Å²) in [6.45, 7) is 8.89. The topological polar surface area (TPSA) is 46.1 Å². The lowest BCUT2D eigenvalue weighted by Crippen LogP contribution is -2.53. The van der Waals surface area contributed by atoms with Crippen molar-refractivity contribution in [2.75, 3.05) is 39.9 Å². The first-order chi connectivity index (χ1) is 9.70. The molecule has 2 unspecified atom stereocenters. The third-order valence-corrected chi connectivity index (χ3v) is 3.99. The van der Waals surface area contributed by atoms with E-state index >= 15 is 0 Å². The summed E-state index contributed by atoms with van der Waals surface area (Å²) in [6.07, 6.45) is 3.91. The van der Waals surface area contributed by atoms with E-state index in [1.807, 2.05) is 7.05 Å². The van der Waals surface area contributed by atoms with Crippen LogP contribution in [0.1, 0.15) is 33.1 Å². The first-order valence-corrected chi connectivity index (χ1v) is 7.89. The second kappa shape index (κ2) is 7.84. The van der Waals surface area contributed by atoms with Gasteiger partial charge in [-0.25, -0.2) is 0 Å². The van der Waals surface area contributed by atoms with Gasteiger partial charge in [0.2, 0.25) is 0 Å². The van der Waals surface area contributed by atoms with Gasteiger partial charge >= 0.3 is 0 Å². The minimum Gasteiger partial charge on any atom is -0.375 e. The molecule has 0 bridgehead atoms. The molecule has 20 heavy (non-hydrogen) atoms. The van der Waals surface area contributed by atoms with Gasteiger partial charge in [-0.1, -0.05) is 13.8 Å². The molecule has 2 heterocycles. The van der Waals surface area contributed by atoms with Crippen LogP contribution in [0.2, 0.25) is 0 Å². The Hall–Kier alpha value is -0.810. The third kappa shape index (κ3) is 4.35. The highest BCUT2D eigenvalue weighted by atomic mass is 16.5. The van der Waals surface area contributed by atoms with Gasteiger partial charge in [-0.3, -0.25) is 4.99 Å². The maximum atomic E-state index is 5.88. The monoisotopic (exact) mass is 283 g/mol. The molecule has 5 heteroatoms. The van der Waals surface area contributed by atoms with E-state index in [0.717, 1.165) is 51.6 Å². The van der Waals surface area contributed by atoms with E-state index in [0.29, 0.717) is 5.92 Å². The van der Waals surface area contributed by atoms with Crippen molar-refractivity contribution in [2.24, 2.45) is 10.9 Å². The van der Waals surface area contributed by atoms with E-state index in [4.69, 9.17) is 9.47 Å². The molecule has 2 saturated heterocycles. The van der Waals surface area contributed by atoms with Crippen molar-refractivity contribution >= 4 is 5.96 Å². The van der Waals surface area contributed by atoms with Crippen molar-refractivity contribution in [3.8, 4) is 0 Å². The predicted molar refractivity (Wildman–Crippen MR) is 81.1 cm³/mol. The molecule has 2 atom stereocenters. The van der Waals surface area contributed by atoms with Crippen LogP contribution in [0, 0.1) is 5.92 Å². The quantitative estimate of drug-likeness (QED) is 0.627. The van der Waals surface area contributed by atoms with E-state index < -0.39 is 0 Å². The number of hydrogen-bond donors (Lipinski definition) is 1. The Morgan fingerprint density at radius 3 is 2.75 bits per heavy atom. The second-order valence-electron chi connectivity index (χ2n) is 6.06. The molecule has 2 aliphatic heterocycles. The maximum absolute atomic E-state index is 5.88. The highest BCUT2D eigenvalue weighted by Gasteiger charge is 2.32. The number of nitrogens with zero attached hydrogens (tertiary/aromatic N) is 2. The van der Waals surface area contributed by atoms with Crippen molar-refractivity contribution in [3.05, 3.63) is 0 Å². The van der Waals surface area contributed by atoms with Gasteiger partial charge < -0.3 is 19.7 Å². The lowest BCUT2D eigenvalue weighted by molar-refractivity contribution is -0.0816. The summed E-state index contributed by atoms with van der Waals surface area (Å²) in [5.41, 5.74) is 0. The molecule has 0 radical (unpaired) electrons. The molecule has 0 aromatic heterocycles. The summed E-state index contributed by atoms with van der Waals surface area (Å²) >= 11 is 0. The van der Waals surface area contributed by atoms with Gasteiger partial charge in [0.15, 0.2) is 5.96 Å². The fraction of sp³-hybridized carbons (Fsp3) is 0.933. The van der Waals surface area contributed by atoms with Crippen LogP contribution in [0.3, 0.4) is 0 Å². The van der Waals surface area contributed by atoms with Crippen molar-refractivity contribution < 1.29 is 9.47 Å². The van der Waals surface area contributed by atoms with Gasteiger partial charge in [-0.15, -0.1) is 0 Å². The predicted octanol–water partition coefficient (Wildman–Crippen LogP) is 1.49. The highest BCUT2D eigenvalue weighted by molar-refractivity contribution is 5.80. The molecule has 5 nitrogen and oxygen atoms in total. The van der Waals surface area contributed by atoms with Gasteiger partial charge in [-0.2, -0.15) is 0 Å². The zero-order chi connectivity index (χ0) is 14.4. The minimum atomic E-state index is 0.190. The van der Waals surface area contributed by atoms with Gasteiger partial charge in [-0.05, 0) is 25.2 Å². The molecule has 0 saturated carbocycles. The lowest BCUT2D eigenvalue weighted by Gasteiger charge is -2.37. The number of morpholine rings is 1. The van der Waals surface area contributed by atoms with E-state index in [1.165, 1.54) is 6.42 Å². The van der Waals surface area contributed by atoms with Gasteiger partial charge in [0.1, 0.15) is 6.10 Å². The summed E-state index contributed by atoms with van der Waals surface area (Å²) in [6, 6.07) is 0. The van der Waals surface area contributed by atoms with Crippen LogP contribution in [0.25, 0.3) is 0 Å². The first-order valence-electron chi connectivity index (χ1n) is 7.89. The van der Waals surface area contributed by atoms with Crippen LogP contribution >= 0.6 is 0 Å². The SMILES string of the molecule is CN=C(NCCC(C)C)N1CCOC(C2CCCO2)C1. The molecule has 2 rings (SSSR count). The largest absolute Gasteiger partial charge is 0.375 e. The van der Waals surface area contributed by atoms with E-state index in [9.17, 15) is 0 Å². The van der Waals surface area contributed by atoms with Crippen LogP contribution in [0.4, 0.5) is 0 Å². The van der Waals surface area contributed by atoms with Gasteiger partial charge in [0, 0.05) is 33.3 Å². The fourth-order valence-corrected chi connectivity index (χ4v) is 2.79. The number of hydrogen-bond acceptors (Lipinski definition) is 3. The smallest absolute Gasteiger partial charge is 0.193 e. The van der Waals surface area contributed by atoms with Gasteiger partial charge in [0.25, 0.3) is 0 Å². The van der Waals surface area contributed by atoms with Crippen LogP contribution in [0.5, 0.6) is 0 Å². The molecule has 0 aromatic carbocycles. The summed E-state index contributed by atoms with van der Waals surface area (Å²) in [4.78, 5) is 6.71. The Morgan fingerprint density at radius 2 is 2.10 bits per heavy atom. The van der Waals surface area contributed by atoms with E-state index in [-0.39, 0.29) is 12.2 Å². The van der Waals surface area contributed by atoms with Crippen LogP contribution in [0.15, 0.2) is 4.99 Å².